The molecule has 0 spiro atoms. The Hall–Kier alpha value is -1.38. The van der Waals surface area contributed by atoms with Crippen LogP contribution < -0.4 is 5.32 Å². The highest BCUT2D eigenvalue weighted by Crippen LogP contribution is 2.02. The van der Waals surface area contributed by atoms with Crippen LogP contribution >= 0.6 is 0 Å². The molecule has 0 heterocycles. The summed E-state index contributed by atoms with van der Waals surface area (Å²) in [5, 5.41) is 11.8. The Morgan fingerprint density at radius 3 is 2.50 bits per heavy atom. The lowest BCUT2D eigenvalue weighted by Crippen LogP contribution is -2.19. The molecule has 1 aromatic carbocycles. The highest BCUT2D eigenvalue weighted by atomic mass is 32.2. The third kappa shape index (κ3) is 5.30. The quantitative estimate of drug-likeness (QED) is 0.759. The fourth-order valence-corrected chi connectivity index (χ4v) is 2.36. The molecule has 1 aromatic rings. The lowest BCUT2D eigenvalue weighted by atomic mass is 10.1. The molecule has 0 fully saturated rings. The molecule has 0 aliphatic carbocycles. The summed E-state index contributed by atoms with van der Waals surface area (Å²) in [6, 6.07) is 9.41. The van der Waals surface area contributed by atoms with Gasteiger partial charge in [0, 0.05) is 12.3 Å². The van der Waals surface area contributed by atoms with Gasteiger partial charge in [0.2, 0.25) is 0 Å². The van der Waals surface area contributed by atoms with Crippen molar-refractivity contribution in [3.05, 3.63) is 35.4 Å². The molecule has 4 nitrogen and oxygen atoms in total. The molecule has 0 aliphatic heterocycles. The first-order valence-corrected chi connectivity index (χ1v) is 7.79. The number of sulfone groups is 1. The molecule has 0 saturated heterocycles. The van der Waals surface area contributed by atoms with Crippen LogP contribution in [0.25, 0.3) is 0 Å². The average Bonchev–Trinajstić information content (AvgIpc) is 2.39. The van der Waals surface area contributed by atoms with Crippen LogP contribution in [-0.2, 0) is 16.4 Å². The molecule has 0 amide bonds. The molecule has 0 aromatic heterocycles. The molecule has 0 saturated carbocycles. The van der Waals surface area contributed by atoms with Crippen molar-refractivity contribution in [3.8, 4) is 6.07 Å². The fourth-order valence-electron chi connectivity index (χ4n) is 1.49. The minimum atomic E-state index is -2.85. The minimum absolute atomic E-state index is 0.211. The molecule has 0 unspecified atom stereocenters. The van der Waals surface area contributed by atoms with Gasteiger partial charge >= 0.3 is 0 Å². The standard InChI is InChI=1S/C13H18N2O2S/c1-2-18(16,17)9-3-8-15-11-13-6-4-12(10-14)5-7-13/h4-7,15H,2-3,8-9,11H2,1H3. The van der Waals surface area contributed by atoms with E-state index in [-0.39, 0.29) is 11.5 Å². The van der Waals surface area contributed by atoms with E-state index in [9.17, 15) is 8.42 Å². The van der Waals surface area contributed by atoms with Gasteiger partial charge in [-0.2, -0.15) is 5.26 Å². The van der Waals surface area contributed by atoms with Gasteiger partial charge in [-0.15, -0.1) is 0 Å². The lowest BCUT2D eigenvalue weighted by molar-refractivity contribution is 0.590. The maximum absolute atomic E-state index is 11.2. The predicted octanol–water partition coefficient (Wildman–Crippen LogP) is 1.47. The Balaban J connectivity index is 2.24. The number of hydrogen-bond acceptors (Lipinski definition) is 4. The van der Waals surface area contributed by atoms with Gasteiger partial charge in [-0.3, -0.25) is 0 Å². The van der Waals surface area contributed by atoms with Crippen LogP contribution in [0.1, 0.15) is 24.5 Å². The van der Waals surface area contributed by atoms with E-state index in [1.165, 1.54) is 0 Å². The van der Waals surface area contributed by atoms with Crippen LogP contribution in [0.4, 0.5) is 0 Å². The van der Waals surface area contributed by atoms with Gasteiger partial charge in [0.25, 0.3) is 0 Å². The summed E-state index contributed by atoms with van der Waals surface area (Å²) < 4.78 is 22.5. The van der Waals surface area contributed by atoms with Gasteiger partial charge in [0.15, 0.2) is 0 Å². The van der Waals surface area contributed by atoms with Crippen LogP contribution in [0.15, 0.2) is 24.3 Å². The molecule has 0 aliphatic rings. The van der Waals surface area contributed by atoms with Gasteiger partial charge in [0.05, 0.1) is 17.4 Å². The average molecular weight is 266 g/mol. The van der Waals surface area contributed by atoms with Crippen molar-refractivity contribution in [2.24, 2.45) is 0 Å². The molecule has 1 N–H and O–H groups in total. The largest absolute Gasteiger partial charge is 0.313 e. The Morgan fingerprint density at radius 1 is 1.28 bits per heavy atom. The molecule has 0 radical (unpaired) electrons. The fraction of sp³-hybridized carbons (Fsp3) is 0.462. The topological polar surface area (TPSA) is 70.0 Å². The molecule has 0 atom stereocenters. The molecular formula is C13H18N2O2S. The van der Waals surface area contributed by atoms with Gasteiger partial charge in [0.1, 0.15) is 9.84 Å². The smallest absolute Gasteiger partial charge is 0.150 e. The van der Waals surface area contributed by atoms with Crippen molar-refractivity contribution in [1.29, 1.82) is 5.26 Å². The van der Waals surface area contributed by atoms with Crippen molar-refractivity contribution in [2.75, 3.05) is 18.1 Å². The summed E-state index contributed by atoms with van der Waals surface area (Å²) in [7, 11) is -2.85. The van der Waals surface area contributed by atoms with Crippen LogP contribution in [0, 0.1) is 11.3 Å². The van der Waals surface area contributed by atoms with Gasteiger partial charge in [-0.25, -0.2) is 8.42 Å². The summed E-state index contributed by atoms with van der Waals surface area (Å²) in [5.41, 5.74) is 1.74. The molecular weight excluding hydrogens is 248 g/mol. The van der Waals surface area contributed by atoms with E-state index >= 15 is 0 Å². The zero-order valence-corrected chi connectivity index (χ0v) is 11.3. The Kier molecular flexibility index (Phi) is 5.83. The molecule has 5 heteroatoms. The van der Waals surface area contributed by atoms with E-state index in [4.69, 9.17) is 5.26 Å². The Labute approximate surface area is 109 Å². The normalized spacial score (nSPS) is 11.1. The van der Waals surface area contributed by atoms with Gasteiger partial charge in [-0.1, -0.05) is 19.1 Å². The predicted molar refractivity (Wildman–Crippen MR) is 71.8 cm³/mol. The van der Waals surface area contributed by atoms with Crippen molar-refractivity contribution in [1.82, 2.24) is 5.32 Å². The van der Waals surface area contributed by atoms with Crippen molar-refractivity contribution in [2.45, 2.75) is 19.9 Å². The lowest BCUT2D eigenvalue weighted by Gasteiger charge is -2.05. The number of nitrogens with zero attached hydrogens (tertiary/aromatic N) is 1. The highest BCUT2D eigenvalue weighted by Gasteiger charge is 2.05. The number of benzene rings is 1. The number of nitrogens with one attached hydrogen (secondary N) is 1. The maximum atomic E-state index is 11.2. The van der Waals surface area contributed by atoms with Gasteiger partial charge < -0.3 is 5.32 Å². The summed E-state index contributed by atoms with van der Waals surface area (Å²) in [5.74, 6) is 0.451. The molecule has 98 valence electrons. The van der Waals surface area contributed by atoms with Crippen LogP contribution in [0.2, 0.25) is 0 Å². The van der Waals surface area contributed by atoms with E-state index in [1.54, 1.807) is 19.1 Å². The number of nitriles is 1. The third-order valence-corrected chi connectivity index (χ3v) is 4.45. The number of rotatable bonds is 7. The van der Waals surface area contributed by atoms with E-state index in [0.717, 1.165) is 5.56 Å². The van der Waals surface area contributed by atoms with E-state index in [2.05, 4.69) is 11.4 Å². The van der Waals surface area contributed by atoms with E-state index in [1.807, 2.05) is 12.1 Å². The van der Waals surface area contributed by atoms with Gasteiger partial charge in [-0.05, 0) is 30.7 Å². The van der Waals surface area contributed by atoms with Crippen LogP contribution in [0.3, 0.4) is 0 Å². The van der Waals surface area contributed by atoms with Crippen molar-refractivity contribution >= 4 is 9.84 Å². The Morgan fingerprint density at radius 2 is 1.94 bits per heavy atom. The maximum Gasteiger partial charge on any atom is 0.150 e. The highest BCUT2D eigenvalue weighted by molar-refractivity contribution is 7.91. The SMILES string of the molecule is CCS(=O)(=O)CCCNCc1ccc(C#N)cc1. The second-order valence-electron chi connectivity index (χ2n) is 4.08. The zero-order chi connectivity index (χ0) is 13.4. The monoisotopic (exact) mass is 266 g/mol. The van der Waals surface area contributed by atoms with Crippen LogP contribution in [-0.4, -0.2) is 26.5 Å². The van der Waals surface area contributed by atoms with Crippen LogP contribution in [0.5, 0.6) is 0 Å². The second kappa shape index (κ2) is 7.14. The molecule has 1 rings (SSSR count). The molecule has 18 heavy (non-hydrogen) atoms. The second-order valence-corrected chi connectivity index (χ2v) is 6.55. The molecule has 0 bridgehead atoms. The first kappa shape index (κ1) is 14.7. The first-order chi connectivity index (χ1) is 8.57. The summed E-state index contributed by atoms with van der Waals surface area (Å²) >= 11 is 0. The Bertz CT molecular complexity index is 501. The zero-order valence-electron chi connectivity index (χ0n) is 10.5. The summed E-state index contributed by atoms with van der Waals surface area (Å²) in [6.45, 7) is 3.04. The van der Waals surface area contributed by atoms with E-state index < -0.39 is 9.84 Å². The summed E-state index contributed by atoms with van der Waals surface area (Å²) in [6.07, 6.45) is 0.631. The van der Waals surface area contributed by atoms with Crippen molar-refractivity contribution in [3.63, 3.8) is 0 Å². The summed E-state index contributed by atoms with van der Waals surface area (Å²) in [4.78, 5) is 0. The van der Waals surface area contributed by atoms with Crippen molar-refractivity contribution < 1.29 is 8.42 Å². The number of hydrogen-bond donors (Lipinski definition) is 1. The minimum Gasteiger partial charge on any atom is -0.313 e. The van der Waals surface area contributed by atoms with E-state index in [0.29, 0.717) is 25.1 Å². The third-order valence-electron chi connectivity index (χ3n) is 2.66. The first-order valence-electron chi connectivity index (χ1n) is 5.97.